The normalized spacial score (nSPS) is 19.0. The van der Waals surface area contributed by atoms with Crippen LogP contribution in [0, 0.1) is 0 Å². The van der Waals surface area contributed by atoms with Crippen molar-refractivity contribution in [1.82, 2.24) is 20.4 Å². The first-order chi connectivity index (χ1) is 12.7. The molecule has 1 saturated heterocycles. The molecule has 7 nitrogen and oxygen atoms in total. The van der Waals surface area contributed by atoms with Gasteiger partial charge in [-0.3, -0.25) is 14.3 Å². The highest BCUT2D eigenvalue weighted by atomic mass is 35.5. The minimum Gasteiger partial charge on any atom is -0.349 e. The van der Waals surface area contributed by atoms with Gasteiger partial charge in [-0.1, -0.05) is 0 Å². The fraction of sp³-hybridized carbons (Fsp3) is 0.421. The summed E-state index contributed by atoms with van der Waals surface area (Å²) >= 11 is 0. The third-order valence-electron chi connectivity index (χ3n) is 4.80. The number of rotatable bonds is 5. The number of hydrogen-bond donors (Lipinski definition) is 3. The number of carbonyl (C=O) groups excluding carboxylic acids is 2. The highest BCUT2D eigenvalue weighted by Crippen LogP contribution is 2.20. The van der Waals surface area contributed by atoms with Crippen LogP contribution in [0.5, 0.6) is 0 Å². The molecule has 2 fully saturated rings. The van der Waals surface area contributed by atoms with E-state index in [1.54, 1.807) is 30.3 Å². The minimum atomic E-state index is -0.247. The molecule has 4 rings (SSSR count). The lowest BCUT2D eigenvalue weighted by Crippen LogP contribution is -2.32. The predicted molar refractivity (Wildman–Crippen MR) is 105 cm³/mol. The van der Waals surface area contributed by atoms with Crippen molar-refractivity contribution in [3.05, 3.63) is 47.8 Å². The Morgan fingerprint density at radius 2 is 1.85 bits per heavy atom. The largest absolute Gasteiger partial charge is 0.349 e. The van der Waals surface area contributed by atoms with Gasteiger partial charge in [0.15, 0.2) is 5.69 Å². The zero-order valence-electron chi connectivity index (χ0n) is 15.0. The molecule has 2 heterocycles. The van der Waals surface area contributed by atoms with Crippen molar-refractivity contribution in [2.24, 2.45) is 0 Å². The summed E-state index contributed by atoms with van der Waals surface area (Å²) in [5, 5.41) is 13.5. The molecule has 1 atom stereocenters. The SMILES string of the molecule is Cl.O=C(NC1CC1)c1ccc(NC(=O)c2ccn(C3CCCNC3)n2)cc1. The van der Waals surface area contributed by atoms with Crippen molar-refractivity contribution in [1.29, 1.82) is 0 Å². The molecule has 1 aliphatic carbocycles. The Hall–Kier alpha value is -2.38. The molecule has 1 aromatic heterocycles. The Labute approximate surface area is 164 Å². The second-order valence-electron chi connectivity index (χ2n) is 6.96. The van der Waals surface area contributed by atoms with Crippen molar-refractivity contribution < 1.29 is 9.59 Å². The number of aromatic nitrogens is 2. The molecule has 27 heavy (non-hydrogen) atoms. The van der Waals surface area contributed by atoms with Crippen molar-refractivity contribution in [2.75, 3.05) is 18.4 Å². The van der Waals surface area contributed by atoms with Gasteiger partial charge in [0.1, 0.15) is 0 Å². The van der Waals surface area contributed by atoms with Gasteiger partial charge in [0.2, 0.25) is 0 Å². The van der Waals surface area contributed by atoms with Gasteiger partial charge in [0.25, 0.3) is 11.8 Å². The van der Waals surface area contributed by atoms with E-state index in [1.807, 2.05) is 10.9 Å². The van der Waals surface area contributed by atoms with Gasteiger partial charge in [0.05, 0.1) is 6.04 Å². The minimum absolute atomic E-state index is 0. The average Bonchev–Trinajstić information content (AvgIpc) is 3.34. The Balaban J connectivity index is 0.00000210. The number of nitrogens with one attached hydrogen (secondary N) is 3. The van der Waals surface area contributed by atoms with Crippen LogP contribution >= 0.6 is 12.4 Å². The molecular weight excluding hydrogens is 366 g/mol. The van der Waals surface area contributed by atoms with Gasteiger partial charge in [-0.2, -0.15) is 5.10 Å². The standard InChI is InChI=1S/C19H23N5O2.ClH/c25-18(21-15-7-8-15)13-3-5-14(6-4-13)22-19(26)17-9-11-24(23-17)16-2-1-10-20-12-16;/h3-6,9,11,15-16,20H,1-2,7-8,10,12H2,(H,21,25)(H,22,26);1H. The molecule has 1 unspecified atom stereocenters. The maximum Gasteiger partial charge on any atom is 0.276 e. The lowest BCUT2D eigenvalue weighted by atomic mass is 10.1. The summed E-state index contributed by atoms with van der Waals surface area (Å²) in [7, 11) is 0. The van der Waals surface area contributed by atoms with E-state index in [-0.39, 0.29) is 24.2 Å². The van der Waals surface area contributed by atoms with E-state index in [0.717, 1.165) is 38.8 Å². The van der Waals surface area contributed by atoms with Crippen LogP contribution in [0.25, 0.3) is 0 Å². The second-order valence-corrected chi connectivity index (χ2v) is 6.96. The summed E-state index contributed by atoms with van der Waals surface area (Å²) in [6.45, 7) is 1.92. The van der Waals surface area contributed by atoms with E-state index >= 15 is 0 Å². The van der Waals surface area contributed by atoms with Crippen LogP contribution in [0.15, 0.2) is 36.5 Å². The highest BCUT2D eigenvalue weighted by molar-refractivity contribution is 6.03. The maximum atomic E-state index is 12.4. The maximum absolute atomic E-state index is 12.4. The van der Waals surface area contributed by atoms with Crippen LogP contribution in [-0.2, 0) is 0 Å². The molecule has 0 radical (unpaired) electrons. The van der Waals surface area contributed by atoms with E-state index in [2.05, 4.69) is 21.0 Å². The van der Waals surface area contributed by atoms with Crippen molar-refractivity contribution >= 4 is 29.9 Å². The number of piperidine rings is 1. The molecule has 0 spiro atoms. The van der Waals surface area contributed by atoms with Crippen LogP contribution in [0.1, 0.15) is 52.6 Å². The molecule has 2 amide bonds. The first-order valence-corrected chi connectivity index (χ1v) is 9.17. The number of anilines is 1. The Morgan fingerprint density at radius 1 is 1.07 bits per heavy atom. The lowest BCUT2D eigenvalue weighted by molar-refractivity contribution is 0.0950. The van der Waals surface area contributed by atoms with Gasteiger partial charge in [-0.05, 0) is 62.6 Å². The first kappa shape index (κ1) is 19.4. The summed E-state index contributed by atoms with van der Waals surface area (Å²) in [5.41, 5.74) is 1.64. The second kappa shape index (κ2) is 8.54. The molecule has 2 aliphatic rings. The number of nitrogens with zero attached hydrogens (tertiary/aromatic N) is 2. The molecule has 144 valence electrons. The van der Waals surface area contributed by atoms with Gasteiger partial charge < -0.3 is 16.0 Å². The Kier molecular flexibility index (Phi) is 6.13. The van der Waals surface area contributed by atoms with Crippen LogP contribution < -0.4 is 16.0 Å². The lowest BCUT2D eigenvalue weighted by Gasteiger charge is -2.22. The van der Waals surface area contributed by atoms with Gasteiger partial charge in [-0.15, -0.1) is 12.4 Å². The number of amides is 2. The zero-order valence-corrected chi connectivity index (χ0v) is 15.8. The van der Waals surface area contributed by atoms with E-state index in [1.165, 1.54) is 0 Å². The number of carbonyl (C=O) groups is 2. The van der Waals surface area contributed by atoms with Gasteiger partial charge >= 0.3 is 0 Å². The quantitative estimate of drug-likeness (QED) is 0.732. The fourth-order valence-electron chi connectivity index (χ4n) is 3.12. The van der Waals surface area contributed by atoms with E-state index in [9.17, 15) is 9.59 Å². The smallest absolute Gasteiger partial charge is 0.276 e. The Morgan fingerprint density at radius 3 is 2.52 bits per heavy atom. The summed E-state index contributed by atoms with van der Waals surface area (Å²) < 4.78 is 1.87. The van der Waals surface area contributed by atoms with E-state index in [4.69, 9.17) is 0 Å². The zero-order chi connectivity index (χ0) is 17.9. The van der Waals surface area contributed by atoms with Crippen LogP contribution in [-0.4, -0.2) is 40.7 Å². The van der Waals surface area contributed by atoms with E-state index < -0.39 is 0 Å². The molecule has 1 saturated carbocycles. The summed E-state index contributed by atoms with van der Waals surface area (Å²) in [6, 6.07) is 9.29. The third-order valence-corrected chi connectivity index (χ3v) is 4.80. The summed E-state index contributed by atoms with van der Waals surface area (Å²) in [4.78, 5) is 24.4. The number of hydrogen-bond acceptors (Lipinski definition) is 4. The topological polar surface area (TPSA) is 88.0 Å². The molecular formula is C19H24ClN5O2. The van der Waals surface area contributed by atoms with Crippen LogP contribution in [0.3, 0.4) is 0 Å². The predicted octanol–water partition coefficient (Wildman–Crippen LogP) is 2.37. The van der Waals surface area contributed by atoms with E-state index in [0.29, 0.717) is 29.0 Å². The monoisotopic (exact) mass is 389 g/mol. The van der Waals surface area contributed by atoms with Crippen LogP contribution in [0.2, 0.25) is 0 Å². The van der Waals surface area contributed by atoms with Crippen LogP contribution in [0.4, 0.5) is 5.69 Å². The first-order valence-electron chi connectivity index (χ1n) is 9.17. The molecule has 3 N–H and O–H groups in total. The molecule has 1 aliphatic heterocycles. The number of halogens is 1. The van der Waals surface area contributed by atoms with Crippen molar-refractivity contribution in [3.8, 4) is 0 Å². The molecule has 8 heteroatoms. The van der Waals surface area contributed by atoms with Gasteiger partial charge in [-0.25, -0.2) is 0 Å². The average molecular weight is 390 g/mol. The van der Waals surface area contributed by atoms with Crippen molar-refractivity contribution in [2.45, 2.75) is 37.8 Å². The third kappa shape index (κ3) is 4.87. The molecule has 0 bridgehead atoms. The fourth-order valence-corrected chi connectivity index (χ4v) is 3.12. The Bertz CT molecular complexity index is 795. The highest BCUT2D eigenvalue weighted by Gasteiger charge is 2.23. The summed E-state index contributed by atoms with van der Waals surface area (Å²) in [6.07, 6.45) is 6.16. The molecule has 2 aromatic rings. The number of benzene rings is 1. The van der Waals surface area contributed by atoms with Crippen molar-refractivity contribution in [3.63, 3.8) is 0 Å². The molecule has 1 aromatic carbocycles. The summed E-state index contributed by atoms with van der Waals surface area (Å²) in [5.74, 6) is -0.312. The van der Waals surface area contributed by atoms with Gasteiger partial charge in [0, 0.05) is 30.0 Å².